The molecule has 1 aromatic heterocycles. The Kier molecular flexibility index (Phi) is 4.79. The van der Waals surface area contributed by atoms with Crippen molar-refractivity contribution >= 4 is 34.8 Å². The predicted molar refractivity (Wildman–Crippen MR) is 71.6 cm³/mol. The van der Waals surface area contributed by atoms with Gasteiger partial charge in [0.25, 0.3) is 0 Å². The Morgan fingerprint density at radius 2 is 2.32 bits per heavy atom. The zero-order valence-electron chi connectivity index (χ0n) is 10.2. The smallest absolute Gasteiger partial charge is 0.334 e. The van der Waals surface area contributed by atoms with Crippen molar-refractivity contribution in [3.05, 3.63) is 21.3 Å². The fraction of sp³-hybridized carbons (Fsp3) is 0.500. The molecule has 0 unspecified atom stereocenters. The zero-order valence-corrected chi connectivity index (χ0v) is 11.7. The van der Waals surface area contributed by atoms with E-state index in [1.54, 1.807) is 11.0 Å². The molecule has 1 atom stereocenters. The molecule has 19 heavy (non-hydrogen) atoms. The third-order valence-corrected chi connectivity index (χ3v) is 4.20. The van der Waals surface area contributed by atoms with Crippen LogP contribution in [0.25, 0.3) is 0 Å². The van der Waals surface area contributed by atoms with Crippen molar-refractivity contribution in [2.24, 2.45) is 0 Å². The summed E-state index contributed by atoms with van der Waals surface area (Å²) in [6.07, 6.45) is 0.0861. The molecule has 0 radical (unpaired) electrons. The summed E-state index contributed by atoms with van der Waals surface area (Å²) in [6.45, 7) is 0.848. The van der Waals surface area contributed by atoms with Gasteiger partial charge in [0.1, 0.15) is 0 Å². The number of carbonyl (C=O) groups excluding carboxylic acids is 1. The maximum atomic E-state index is 12.0. The van der Waals surface area contributed by atoms with Crippen molar-refractivity contribution in [1.29, 1.82) is 0 Å². The first-order valence-electron chi connectivity index (χ1n) is 5.92. The summed E-state index contributed by atoms with van der Waals surface area (Å²) in [7, 11) is 0. The van der Waals surface area contributed by atoms with Gasteiger partial charge in [0.05, 0.1) is 17.5 Å². The van der Waals surface area contributed by atoms with Gasteiger partial charge < -0.3 is 14.7 Å². The normalized spacial score (nSPS) is 19.4. The number of aliphatic carboxylic acids is 1. The van der Waals surface area contributed by atoms with Crippen LogP contribution in [0, 0.1) is 0 Å². The molecule has 1 aliphatic rings. The Balaban J connectivity index is 1.84. The minimum atomic E-state index is -1.03. The van der Waals surface area contributed by atoms with Crippen LogP contribution in [0.1, 0.15) is 11.3 Å². The molecule has 7 heteroatoms. The molecule has 0 spiro atoms. The fourth-order valence-electron chi connectivity index (χ4n) is 1.90. The molecule has 5 nitrogen and oxygen atoms in total. The Morgan fingerprint density at radius 1 is 1.53 bits per heavy atom. The van der Waals surface area contributed by atoms with Gasteiger partial charge in [-0.25, -0.2) is 4.79 Å². The number of nitrogens with zero attached hydrogens (tertiary/aromatic N) is 1. The van der Waals surface area contributed by atoms with E-state index in [2.05, 4.69) is 0 Å². The van der Waals surface area contributed by atoms with Gasteiger partial charge in [0.15, 0.2) is 6.10 Å². The second-order valence-corrected chi connectivity index (χ2v) is 6.04. The molecule has 2 heterocycles. The number of carbonyl (C=O) groups is 2. The number of halogens is 1. The van der Waals surface area contributed by atoms with Gasteiger partial charge in [0, 0.05) is 17.8 Å². The Labute approximate surface area is 119 Å². The topological polar surface area (TPSA) is 66.8 Å². The number of hydrogen-bond acceptors (Lipinski definition) is 4. The van der Waals surface area contributed by atoms with E-state index in [4.69, 9.17) is 21.4 Å². The zero-order chi connectivity index (χ0) is 13.8. The van der Waals surface area contributed by atoms with Crippen molar-refractivity contribution in [1.82, 2.24) is 4.90 Å². The van der Waals surface area contributed by atoms with Crippen LogP contribution in [-0.2, 0) is 20.7 Å². The van der Waals surface area contributed by atoms with Gasteiger partial charge in [0.2, 0.25) is 5.91 Å². The lowest BCUT2D eigenvalue weighted by atomic mass is 10.2. The molecular formula is C12H14ClNO4S. The summed E-state index contributed by atoms with van der Waals surface area (Å²) in [5.41, 5.74) is 0. The van der Waals surface area contributed by atoms with Crippen molar-refractivity contribution in [2.45, 2.75) is 18.9 Å². The van der Waals surface area contributed by atoms with Gasteiger partial charge in [-0.05, 0) is 18.6 Å². The fourth-order valence-corrected chi connectivity index (χ4v) is 2.99. The Hall–Kier alpha value is -1.11. The van der Waals surface area contributed by atoms with Crippen molar-refractivity contribution in [3.8, 4) is 0 Å². The molecule has 2 rings (SSSR count). The number of carboxylic acid groups (broad SMARTS) is 1. The van der Waals surface area contributed by atoms with Crippen LogP contribution in [0.5, 0.6) is 0 Å². The summed E-state index contributed by atoms with van der Waals surface area (Å²) in [5.74, 6) is -1.07. The molecule has 1 fully saturated rings. The molecule has 0 saturated carbocycles. The van der Waals surface area contributed by atoms with E-state index in [0.29, 0.717) is 23.7 Å². The summed E-state index contributed by atoms with van der Waals surface area (Å²) in [4.78, 5) is 25.4. The number of morpholine rings is 1. The molecule has 1 saturated heterocycles. The van der Waals surface area contributed by atoms with Crippen molar-refractivity contribution in [2.75, 3.05) is 19.7 Å². The van der Waals surface area contributed by atoms with E-state index < -0.39 is 12.1 Å². The molecule has 0 bridgehead atoms. The highest BCUT2D eigenvalue weighted by atomic mass is 35.5. The molecule has 0 aromatic carbocycles. The van der Waals surface area contributed by atoms with Crippen molar-refractivity contribution in [3.63, 3.8) is 0 Å². The largest absolute Gasteiger partial charge is 0.479 e. The van der Waals surface area contributed by atoms with E-state index in [0.717, 1.165) is 4.88 Å². The Bertz CT molecular complexity index is 476. The lowest BCUT2D eigenvalue weighted by molar-refractivity contribution is -0.159. The van der Waals surface area contributed by atoms with Crippen LogP contribution >= 0.6 is 22.9 Å². The molecule has 104 valence electrons. The molecule has 1 aromatic rings. The van der Waals surface area contributed by atoms with Crippen LogP contribution in [0.2, 0.25) is 4.34 Å². The summed E-state index contributed by atoms with van der Waals surface area (Å²) < 4.78 is 5.79. The molecule has 0 aliphatic carbocycles. The number of ether oxygens (including phenoxy) is 1. The van der Waals surface area contributed by atoms with E-state index in [1.807, 2.05) is 6.07 Å². The van der Waals surface area contributed by atoms with Crippen LogP contribution in [-0.4, -0.2) is 47.7 Å². The first-order chi connectivity index (χ1) is 9.06. The second kappa shape index (κ2) is 6.36. The van der Waals surface area contributed by atoms with E-state index >= 15 is 0 Å². The lowest BCUT2D eigenvalue weighted by Crippen LogP contribution is -2.48. The predicted octanol–water partition coefficient (Wildman–Crippen LogP) is 1.65. The third kappa shape index (κ3) is 3.92. The monoisotopic (exact) mass is 303 g/mol. The maximum Gasteiger partial charge on any atom is 0.334 e. The lowest BCUT2D eigenvalue weighted by Gasteiger charge is -2.30. The Morgan fingerprint density at radius 3 is 2.95 bits per heavy atom. The summed E-state index contributed by atoms with van der Waals surface area (Å²) in [5, 5.41) is 8.87. The standard InChI is InChI=1S/C12H14ClNO4S/c13-10-3-1-8(19-10)2-4-11(15)14-5-6-18-9(7-14)12(16)17/h1,3,9H,2,4-7H2,(H,16,17)/t9-/m0/s1. The number of carboxylic acids is 1. The number of hydrogen-bond donors (Lipinski definition) is 1. The molecule has 1 amide bonds. The highest BCUT2D eigenvalue weighted by Crippen LogP contribution is 2.22. The van der Waals surface area contributed by atoms with Gasteiger partial charge in [-0.2, -0.15) is 0 Å². The number of aryl methyl sites for hydroxylation is 1. The van der Waals surface area contributed by atoms with E-state index in [9.17, 15) is 9.59 Å². The van der Waals surface area contributed by atoms with Crippen LogP contribution in [0.3, 0.4) is 0 Å². The van der Waals surface area contributed by atoms with Crippen LogP contribution in [0.15, 0.2) is 12.1 Å². The average Bonchev–Trinajstić information content (AvgIpc) is 2.82. The van der Waals surface area contributed by atoms with Crippen LogP contribution < -0.4 is 0 Å². The van der Waals surface area contributed by atoms with Gasteiger partial charge in [-0.3, -0.25) is 4.79 Å². The number of amides is 1. The highest BCUT2D eigenvalue weighted by molar-refractivity contribution is 7.16. The van der Waals surface area contributed by atoms with E-state index in [1.165, 1.54) is 11.3 Å². The maximum absolute atomic E-state index is 12.0. The summed E-state index contributed by atoms with van der Waals surface area (Å²) in [6, 6.07) is 3.71. The van der Waals surface area contributed by atoms with Gasteiger partial charge >= 0.3 is 5.97 Å². The third-order valence-electron chi connectivity index (χ3n) is 2.91. The quantitative estimate of drug-likeness (QED) is 0.918. The minimum Gasteiger partial charge on any atom is -0.479 e. The van der Waals surface area contributed by atoms with Gasteiger partial charge in [-0.1, -0.05) is 11.6 Å². The number of rotatable bonds is 4. The van der Waals surface area contributed by atoms with Crippen LogP contribution in [0.4, 0.5) is 0 Å². The average molecular weight is 304 g/mol. The first-order valence-corrected chi connectivity index (χ1v) is 7.12. The van der Waals surface area contributed by atoms with Gasteiger partial charge in [-0.15, -0.1) is 11.3 Å². The van der Waals surface area contributed by atoms with Crippen molar-refractivity contribution < 1.29 is 19.4 Å². The van der Waals surface area contributed by atoms with E-state index in [-0.39, 0.29) is 19.1 Å². The SMILES string of the molecule is O=C(O)[C@@H]1CN(C(=O)CCc2ccc(Cl)s2)CCO1. The molecular weight excluding hydrogens is 290 g/mol. The highest BCUT2D eigenvalue weighted by Gasteiger charge is 2.28. The second-order valence-electron chi connectivity index (χ2n) is 4.24. The first kappa shape index (κ1) is 14.3. The molecule has 1 N–H and O–H groups in total. The molecule has 1 aliphatic heterocycles. The number of thiophene rings is 1. The summed E-state index contributed by atoms with van der Waals surface area (Å²) >= 11 is 7.28. The minimum absolute atomic E-state index is 0.0425.